The Kier molecular flexibility index (Phi) is 5.91. The quantitative estimate of drug-likeness (QED) is 0.364. The summed E-state index contributed by atoms with van der Waals surface area (Å²) in [5, 5.41) is 18.4. The molecule has 9 heteroatoms. The molecule has 0 saturated heterocycles. The first-order valence-electron chi connectivity index (χ1n) is 7.88. The lowest BCUT2D eigenvalue weighted by molar-refractivity contribution is -0.388. The van der Waals surface area contributed by atoms with Gasteiger partial charge in [0.1, 0.15) is 5.56 Å². The van der Waals surface area contributed by atoms with Crippen molar-refractivity contribution < 1.29 is 18.1 Å². The second-order valence-corrected chi connectivity index (χ2v) is 5.35. The van der Waals surface area contributed by atoms with E-state index in [1.54, 1.807) is 12.1 Å². The number of alkyl halides is 3. The third-order valence-electron chi connectivity index (χ3n) is 3.74. The van der Waals surface area contributed by atoms with E-state index in [2.05, 4.69) is 15.1 Å². The molecular weight excluding hydrogens is 349 g/mol. The first-order valence-corrected chi connectivity index (χ1v) is 7.88. The topological polar surface area (TPSA) is 71.1 Å². The zero-order valence-corrected chi connectivity index (χ0v) is 14.2. The van der Waals surface area contributed by atoms with Crippen LogP contribution in [-0.4, -0.2) is 18.0 Å². The van der Waals surface area contributed by atoms with Crippen molar-refractivity contribution in [1.29, 1.82) is 0 Å². The predicted molar refractivity (Wildman–Crippen MR) is 92.3 cm³/mol. The molecule has 2 rings (SSSR count). The van der Waals surface area contributed by atoms with Gasteiger partial charge in [-0.25, -0.2) is 0 Å². The molecule has 0 heterocycles. The number of halogens is 3. The smallest absolute Gasteiger partial charge is 0.372 e. The Hall–Kier alpha value is -2.97. The highest BCUT2D eigenvalue weighted by atomic mass is 19.4. The standard InChI is InChI=1S/C17H17F3N4O2/c1-3-23(4-2)14-8-5-12(6-9-14)21-22-13-7-10-16(24(25)26)15(11-13)17(18,19)20/h5-11H,3-4H2,1-2H3. The Morgan fingerprint density at radius 2 is 1.54 bits per heavy atom. The maximum absolute atomic E-state index is 13.0. The van der Waals surface area contributed by atoms with Crippen LogP contribution in [0.4, 0.5) is 35.9 Å². The average molecular weight is 366 g/mol. The summed E-state index contributed by atoms with van der Waals surface area (Å²) in [6.45, 7) is 5.76. The maximum atomic E-state index is 13.0. The Morgan fingerprint density at radius 1 is 1.00 bits per heavy atom. The minimum atomic E-state index is -4.85. The van der Waals surface area contributed by atoms with Gasteiger partial charge in [-0.1, -0.05) is 0 Å². The predicted octanol–water partition coefficient (Wildman–Crippen LogP) is 5.88. The number of nitro benzene ring substituents is 1. The fourth-order valence-corrected chi connectivity index (χ4v) is 2.41. The molecule has 0 atom stereocenters. The third kappa shape index (κ3) is 4.56. The van der Waals surface area contributed by atoms with Crippen molar-refractivity contribution in [2.24, 2.45) is 10.2 Å². The number of benzene rings is 2. The van der Waals surface area contributed by atoms with Crippen LogP contribution >= 0.6 is 0 Å². The summed E-state index contributed by atoms with van der Waals surface area (Å²) < 4.78 is 38.9. The van der Waals surface area contributed by atoms with Crippen LogP contribution in [0.3, 0.4) is 0 Å². The summed E-state index contributed by atoms with van der Waals surface area (Å²) in [6, 6.07) is 9.62. The highest BCUT2D eigenvalue weighted by Crippen LogP contribution is 2.38. The van der Waals surface area contributed by atoms with Gasteiger partial charge < -0.3 is 4.90 Å². The summed E-state index contributed by atoms with van der Waals surface area (Å²) in [6.07, 6.45) is -4.85. The van der Waals surface area contributed by atoms with Crippen LogP contribution in [0.2, 0.25) is 0 Å². The molecule has 0 bridgehead atoms. The first kappa shape index (κ1) is 19.4. The molecule has 138 valence electrons. The van der Waals surface area contributed by atoms with E-state index in [0.29, 0.717) is 11.8 Å². The minimum Gasteiger partial charge on any atom is -0.372 e. The molecule has 0 aliphatic carbocycles. The molecule has 26 heavy (non-hydrogen) atoms. The van der Waals surface area contributed by atoms with Gasteiger partial charge in [-0.3, -0.25) is 10.1 Å². The van der Waals surface area contributed by atoms with Crippen LogP contribution < -0.4 is 4.90 Å². The number of azo groups is 1. The summed E-state index contributed by atoms with van der Waals surface area (Å²) in [5.41, 5.74) is -1.01. The number of hydrogen-bond donors (Lipinski definition) is 0. The lowest BCUT2D eigenvalue weighted by atomic mass is 10.1. The van der Waals surface area contributed by atoms with Crippen molar-refractivity contribution in [2.75, 3.05) is 18.0 Å². The maximum Gasteiger partial charge on any atom is 0.423 e. The molecule has 0 spiro atoms. The van der Waals surface area contributed by atoms with E-state index in [-0.39, 0.29) is 5.69 Å². The summed E-state index contributed by atoms with van der Waals surface area (Å²) >= 11 is 0. The Morgan fingerprint density at radius 3 is 2.04 bits per heavy atom. The molecule has 0 radical (unpaired) electrons. The number of rotatable bonds is 6. The molecule has 0 fully saturated rings. The third-order valence-corrected chi connectivity index (χ3v) is 3.74. The Balaban J connectivity index is 2.26. The second kappa shape index (κ2) is 7.94. The van der Waals surface area contributed by atoms with E-state index >= 15 is 0 Å². The van der Waals surface area contributed by atoms with Crippen LogP contribution in [0, 0.1) is 10.1 Å². The monoisotopic (exact) mass is 366 g/mol. The zero-order chi connectivity index (χ0) is 19.3. The van der Waals surface area contributed by atoms with Crippen molar-refractivity contribution >= 4 is 22.7 Å². The van der Waals surface area contributed by atoms with Gasteiger partial charge in [0, 0.05) is 24.8 Å². The van der Waals surface area contributed by atoms with E-state index in [1.165, 1.54) is 0 Å². The van der Waals surface area contributed by atoms with Crippen molar-refractivity contribution in [3.63, 3.8) is 0 Å². The molecule has 2 aromatic carbocycles. The van der Waals surface area contributed by atoms with Crippen LogP contribution in [0.1, 0.15) is 19.4 Å². The van der Waals surface area contributed by atoms with E-state index < -0.39 is 22.4 Å². The normalized spacial score (nSPS) is 11.7. The highest BCUT2D eigenvalue weighted by molar-refractivity contribution is 5.54. The molecule has 0 aliphatic rings. The van der Waals surface area contributed by atoms with Gasteiger partial charge >= 0.3 is 6.18 Å². The van der Waals surface area contributed by atoms with Crippen molar-refractivity contribution in [2.45, 2.75) is 20.0 Å². The lowest BCUT2D eigenvalue weighted by Gasteiger charge is -2.20. The van der Waals surface area contributed by atoms with E-state index in [9.17, 15) is 23.3 Å². The van der Waals surface area contributed by atoms with Crippen molar-refractivity contribution in [3.8, 4) is 0 Å². The van der Waals surface area contributed by atoms with Crippen molar-refractivity contribution in [3.05, 3.63) is 58.1 Å². The van der Waals surface area contributed by atoms with Crippen LogP contribution in [0.5, 0.6) is 0 Å². The molecule has 0 amide bonds. The summed E-state index contributed by atoms with van der Waals surface area (Å²) in [5.74, 6) is 0. The molecular formula is C17H17F3N4O2. The minimum absolute atomic E-state index is 0.115. The summed E-state index contributed by atoms with van der Waals surface area (Å²) in [4.78, 5) is 11.8. The van der Waals surface area contributed by atoms with E-state index in [4.69, 9.17) is 0 Å². The van der Waals surface area contributed by atoms with Gasteiger partial charge in [-0.15, -0.1) is 0 Å². The average Bonchev–Trinajstić information content (AvgIpc) is 2.61. The van der Waals surface area contributed by atoms with Gasteiger partial charge in [0.25, 0.3) is 5.69 Å². The Bertz CT molecular complexity index is 801. The zero-order valence-electron chi connectivity index (χ0n) is 14.2. The SMILES string of the molecule is CCN(CC)c1ccc(N=Nc2ccc([N+](=O)[O-])c(C(F)(F)F)c2)cc1. The van der Waals surface area contributed by atoms with Gasteiger partial charge in [0.15, 0.2) is 0 Å². The molecule has 0 aromatic heterocycles. The lowest BCUT2D eigenvalue weighted by Crippen LogP contribution is -2.21. The largest absolute Gasteiger partial charge is 0.423 e. The van der Waals surface area contributed by atoms with Gasteiger partial charge in [0.05, 0.1) is 16.3 Å². The molecule has 6 nitrogen and oxygen atoms in total. The molecule has 2 aromatic rings. The van der Waals surface area contributed by atoms with Gasteiger partial charge in [-0.2, -0.15) is 23.4 Å². The van der Waals surface area contributed by atoms with Crippen LogP contribution in [0.15, 0.2) is 52.7 Å². The molecule has 0 N–H and O–H groups in total. The molecule has 0 unspecified atom stereocenters. The second-order valence-electron chi connectivity index (χ2n) is 5.35. The fraction of sp³-hybridized carbons (Fsp3) is 0.294. The number of nitrogens with zero attached hydrogens (tertiary/aromatic N) is 4. The highest BCUT2D eigenvalue weighted by Gasteiger charge is 2.38. The Labute approximate surface area is 148 Å². The number of anilines is 1. The first-order chi connectivity index (χ1) is 12.3. The van der Waals surface area contributed by atoms with E-state index in [1.807, 2.05) is 26.0 Å². The van der Waals surface area contributed by atoms with Crippen LogP contribution in [-0.2, 0) is 6.18 Å². The van der Waals surface area contributed by atoms with Crippen LogP contribution in [0.25, 0.3) is 0 Å². The fourth-order valence-electron chi connectivity index (χ4n) is 2.41. The molecule has 0 saturated carbocycles. The van der Waals surface area contributed by atoms with Gasteiger partial charge in [-0.05, 0) is 50.2 Å². The summed E-state index contributed by atoms with van der Waals surface area (Å²) in [7, 11) is 0. The molecule has 0 aliphatic heterocycles. The van der Waals surface area contributed by atoms with Crippen molar-refractivity contribution in [1.82, 2.24) is 0 Å². The van der Waals surface area contributed by atoms with E-state index in [0.717, 1.165) is 30.9 Å². The number of nitro groups is 1. The number of hydrogen-bond acceptors (Lipinski definition) is 5. The van der Waals surface area contributed by atoms with Gasteiger partial charge in [0.2, 0.25) is 0 Å².